The van der Waals surface area contributed by atoms with Gasteiger partial charge >= 0.3 is 0 Å². The van der Waals surface area contributed by atoms with Crippen LogP contribution in [0.15, 0.2) is 78.9 Å². The van der Waals surface area contributed by atoms with E-state index >= 15 is 0 Å². The second-order valence-corrected chi connectivity index (χ2v) is 7.87. The molecule has 0 aromatic heterocycles. The van der Waals surface area contributed by atoms with Crippen molar-refractivity contribution in [3.8, 4) is 28.4 Å². The largest absolute Gasteiger partial charge is 0.508 e. The molecular formula is C28H22O5. The molecule has 5 heteroatoms. The Hall–Kier alpha value is -4.38. The van der Waals surface area contributed by atoms with Crippen molar-refractivity contribution >= 4 is 12.6 Å². The minimum Gasteiger partial charge on any atom is -0.508 e. The van der Waals surface area contributed by atoms with Gasteiger partial charge in [0.25, 0.3) is 0 Å². The molecule has 33 heavy (non-hydrogen) atoms. The van der Waals surface area contributed by atoms with Gasteiger partial charge in [0.05, 0.1) is 0 Å². The van der Waals surface area contributed by atoms with Crippen molar-refractivity contribution in [2.45, 2.75) is 12.8 Å². The van der Waals surface area contributed by atoms with Gasteiger partial charge in [-0.3, -0.25) is 9.59 Å². The Labute approximate surface area is 191 Å². The van der Waals surface area contributed by atoms with E-state index in [0.29, 0.717) is 46.0 Å². The summed E-state index contributed by atoms with van der Waals surface area (Å²) in [5, 5.41) is 31.7. The molecule has 0 aliphatic carbocycles. The lowest BCUT2D eigenvalue weighted by Gasteiger charge is -2.15. The highest BCUT2D eigenvalue weighted by Gasteiger charge is 2.16. The molecule has 5 nitrogen and oxygen atoms in total. The van der Waals surface area contributed by atoms with Crippen molar-refractivity contribution in [3.05, 3.63) is 112 Å². The molecule has 4 aromatic rings. The van der Waals surface area contributed by atoms with E-state index in [2.05, 4.69) is 0 Å². The van der Waals surface area contributed by atoms with E-state index in [4.69, 9.17) is 0 Å². The Bertz CT molecular complexity index is 1250. The predicted octanol–water partition coefficient (Wildman–Crippen LogP) is 5.28. The fourth-order valence-electron chi connectivity index (χ4n) is 3.88. The van der Waals surface area contributed by atoms with Gasteiger partial charge in [0.1, 0.15) is 29.8 Å². The predicted molar refractivity (Wildman–Crippen MR) is 126 cm³/mol. The van der Waals surface area contributed by atoms with Crippen molar-refractivity contribution in [2.75, 3.05) is 0 Å². The second kappa shape index (κ2) is 9.40. The molecule has 0 unspecified atom stereocenters. The molecule has 0 saturated heterocycles. The fourth-order valence-corrected chi connectivity index (χ4v) is 3.88. The average Bonchev–Trinajstić information content (AvgIpc) is 2.84. The molecule has 0 bridgehead atoms. The molecule has 0 aliphatic rings. The summed E-state index contributed by atoms with van der Waals surface area (Å²) in [5.74, 6) is 0.0903. The van der Waals surface area contributed by atoms with Gasteiger partial charge in [-0.05, 0) is 81.9 Å². The highest BCUT2D eigenvalue weighted by Crippen LogP contribution is 2.35. The van der Waals surface area contributed by atoms with Crippen LogP contribution >= 0.6 is 0 Å². The summed E-state index contributed by atoms with van der Waals surface area (Å²) in [4.78, 5) is 22.4. The van der Waals surface area contributed by atoms with Crippen molar-refractivity contribution in [1.29, 1.82) is 0 Å². The van der Waals surface area contributed by atoms with Crippen LogP contribution in [0.5, 0.6) is 17.2 Å². The Balaban J connectivity index is 1.83. The maximum Gasteiger partial charge on any atom is 0.150 e. The summed E-state index contributed by atoms with van der Waals surface area (Å²) < 4.78 is 0. The third kappa shape index (κ3) is 4.77. The molecule has 0 radical (unpaired) electrons. The summed E-state index contributed by atoms with van der Waals surface area (Å²) >= 11 is 0. The van der Waals surface area contributed by atoms with Crippen molar-refractivity contribution < 1.29 is 24.9 Å². The number of hydrogen-bond donors (Lipinski definition) is 3. The number of hydrogen-bond acceptors (Lipinski definition) is 5. The fraction of sp³-hybridized carbons (Fsp3) is 0.0714. The zero-order valence-corrected chi connectivity index (χ0v) is 17.7. The van der Waals surface area contributed by atoms with Crippen LogP contribution in [0.25, 0.3) is 11.1 Å². The van der Waals surface area contributed by atoms with E-state index in [1.807, 2.05) is 42.5 Å². The second-order valence-electron chi connectivity index (χ2n) is 7.87. The summed E-state index contributed by atoms with van der Waals surface area (Å²) in [6.45, 7) is 0. The Morgan fingerprint density at radius 1 is 0.545 bits per heavy atom. The third-order valence-corrected chi connectivity index (χ3v) is 5.62. The van der Waals surface area contributed by atoms with Gasteiger partial charge in [0.2, 0.25) is 0 Å². The van der Waals surface area contributed by atoms with E-state index in [1.54, 1.807) is 12.1 Å². The Morgan fingerprint density at radius 3 is 1.48 bits per heavy atom. The highest BCUT2D eigenvalue weighted by molar-refractivity contribution is 5.77. The Morgan fingerprint density at radius 2 is 1.03 bits per heavy atom. The molecule has 4 aromatic carbocycles. The standard InChI is InChI=1S/C28H22O5/c29-16-18-6-8-26(31)22(10-18)14-24-12-21(20-4-2-1-3-5-20)13-25(28(24)33)15-23-11-19(17-30)7-9-27(23)32/h1-13,16-17,31-33H,14-15H2. The molecule has 0 spiro atoms. The number of carbonyl (C=O) groups excluding carboxylic acids is 2. The minimum atomic E-state index is 0.0292. The molecule has 0 amide bonds. The summed E-state index contributed by atoms with van der Waals surface area (Å²) in [5.41, 5.74) is 4.81. The molecule has 0 saturated carbocycles. The van der Waals surface area contributed by atoms with Gasteiger partial charge in [-0.15, -0.1) is 0 Å². The molecule has 0 heterocycles. The molecule has 164 valence electrons. The SMILES string of the molecule is O=Cc1ccc(O)c(Cc2cc(-c3ccccc3)cc(Cc3cc(C=O)ccc3O)c2O)c1. The van der Waals surface area contributed by atoms with Crippen molar-refractivity contribution in [3.63, 3.8) is 0 Å². The normalized spacial score (nSPS) is 10.7. The van der Waals surface area contributed by atoms with Crippen LogP contribution in [0.1, 0.15) is 43.0 Å². The quantitative estimate of drug-likeness (QED) is 0.341. The van der Waals surface area contributed by atoms with E-state index in [-0.39, 0.29) is 30.1 Å². The zero-order valence-electron chi connectivity index (χ0n) is 17.7. The number of aldehydes is 2. The maximum absolute atomic E-state index is 11.2. The van der Waals surface area contributed by atoms with Crippen LogP contribution in [-0.2, 0) is 12.8 Å². The van der Waals surface area contributed by atoms with E-state index in [9.17, 15) is 24.9 Å². The molecule has 0 aliphatic heterocycles. The lowest BCUT2D eigenvalue weighted by atomic mass is 9.91. The van der Waals surface area contributed by atoms with Crippen LogP contribution in [0.4, 0.5) is 0 Å². The zero-order chi connectivity index (χ0) is 23.4. The van der Waals surface area contributed by atoms with Gasteiger partial charge in [-0.2, -0.15) is 0 Å². The first-order valence-electron chi connectivity index (χ1n) is 10.4. The lowest BCUT2D eigenvalue weighted by Crippen LogP contribution is -1.98. The van der Waals surface area contributed by atoms with E-state index in [0.717, 1.165) is 11.1 Å². The maximum atomic E-state index is 11.2. The monoisotopic (exact) mass is 438 g/mol. The molecule has 0 atom stereocenters. The van der Waals surface area contributed by atoms with Crippen LogP contribution in [0.3, 0.4) is 0 Å². The summed E-state index contributed by atoms with van der Waals surface area (Å²) in [6.07, 6.45) is 1.82. The smallest absolute Gasteiger partial charge is 0.150 e. The van der Waals surface area contributed by atoms with Crippen LogP contribution in [0, 0.1) is 0 Å². The number of rotatable bonds is 7. The average molecular weight is 438 g/mol. The molecular weight excluding hydrogens is 416 g/mol. The number of phenolic OH excluding ortho intramolecular Hbond substituents is 3. The summed E-state index contributed by atoms with van der Waals surface area (Å²) in [7, 11) is 0. The third-order valence-electron chi connectivity index (χ3n) is 5.62. The molecule has 4 rings (SSSR count). The van der Waals surface area contributed by atoms with Gasteiger partial charge in [-0.1, -0.05) is 30.3 Å². The molecule has 0 fully saturated rings. The number of benzene rings is 4. The number of aromatic hydroxyl groups is 3. The first kappa shape index (κ1) is 21.8. The van der Waals surface area contributed by atoms with Gasteiger partial charge in [-0.25, -0.2) is 0 Å². The lowest BCUT2D eigenvalue weighted by molar-refractivity contribution is 0.111. The Kier molecular flexibility index (Phi) is 6.22. The van der Waals surface area contributed by atoms with Crippen LogP contribution < -0.4 is 0 Å². The van der Waals surface area contributed by atoms with Gasteiger partial charge in [0.15, 0.2) is 0 Å². The van der Waals surface area contributed by atoms with Crippen LogP contribution in [0.2, 0.25) is 0 Å². The van der Waals surface area contributed by atoms with E-state index in [1.165, 1.54) is 24.3 Å². The van der Waals surface area contributed by atoms with E-state index < -0.39 is 0 Å². The minimum absolute atomic E-state index is 0.0292. The highest BCUT2D eigenvalue weighted by atomic mass is 16.3. The van der Waals surface area contributed by atoms with Gasteiger partial charge < -0.3 is 15.3 Å². The summed E-state index contributed by atoms with van der Waals surface area (Å²) in [6, 6.07) is 22.5. The van der Waals surface area contributed by atoms with Gasteiger partial charge in [0, 0.05) is 24.0 Å². The first-order chi connectivity index (χ1) is 16.0. The molecule has 3 N–H and O–H groups in total. The van der Waals surface area contributed by atoms with Crippen molar-refractivity contribution in [2.24, 2.45) is 0 Å². The number of phenols is 3. The number of carbonyl (C=O) groups is 2. The first-order valence-corrected chi connectivity index (χ1v) is 10.4. The van der Waals surface area contributed by atoms with Crippen molar-refractivity contribution in [1.82, 2.24) is 0 Å². The van der Waals surface area contributed by atoms with Crippen LogP contribution in [-0.4, -0.2) is 27.9 Å². The topological polar surface area (TPSA) is 94.8 Å².